The summed E-state index contributed by atoms with van der Waals surface area (Å²) in [5.74, 6) is 0.164. The third-order valence-corrected chi connectivity index (χ3v) is 3.91. The standard InChI is InChI=1S/C14H16INO4/c1-3-4-5-16-11-7-9(14(18)19-2)6-10(15)13(11)20-8-12(16)17/h6-7H,3-5,8H2,1-2H3. The van der Waals surface area contributed by atoms with Crippen molar-refractivity contribution in [2.45, 2.75) is 19.8 Å². The molecule has 0 bridgehead atoms. The minimum absolute atomic E-state index is 0.0459. The quantitative estimate of drug-likeness (QED) is 0.587. The molecule has 5 nitrogen and oxygen atoms in total. The number of unbranched alkanes of at least 4 members (excludes halogenated alkanes) is 1. The molecule has 1 aliphatic rings. The summed E-state index contributed by atoms with van der Waals surface area (Å²) in [5.41, 5.74) is 1.08. The maximum Gasteiger partial charge on any atom is 0.337 e. The summed E-state index contributed by atoms with van der Waals surface area (Å²) in [7, 11) is 1.34. The molecule has 0 unspecified atom stereocenters. The summed E-state index contributed by atoms with van der Waals surface area (Å²) in [6.45, 7) is 2.75. The second-order valence-electron chi connectivity index (χ2n) is 4.49. The van der Waals surface area contributed by atoms with E-state index in [-0.39, 0.29) is 12.5 Å². The lowest BCUT2D eigenvalue weighted by molar-refractivity contribution is -0.121. The van der Waals surface area contributed by atoms with Crippen LogP contribution in [-0.2, 0) is 9.53 Å². The van der Waals surface area contributed by atoms with Crippen LogP contribution in [0.2, 0.25) is 0 Å². The number of rotatable bonds is 4. The van der Waals surface area contributed by atoms with Crippen molar-refractivity contribution in [2.24, 2.45) is 0 Å². The molecule has 2 rings (SSSR count). The molecule has 0 saturated heterocycles. The van der Waals surface area contributed by atoms with Gasteiger partial charge in [0.2, 0.25) is 0 Å². The van der Waals surface area contributed by atoms with Gasteiger partial charge in [-0.1, -0.05) is 13.3 Å². The molecule has 0 radical (unpaired) electrons. The van der Waals surface area contributed by atoms with Gasteiger partial charge in [0.25, 0.3) is 5.91 Å². The molecule has 0 atom stereocenters. The fraction of sp³-hybridized carbons (Fsp3) is 0.429. The summed E-state index contributed by atoms with van der Waals surface area (Å²) < 4.78 is 11.0. The van der Waals surface area contributed by atoms with E-state index in [9.17, 15) is 9.59 Å². The topological polar surface area (TPSA) is 55.8 Å². The van der Waals surface area contributed by atoms with E-state index in [1.54, 1.807) is 17.0 Å². The van der Waals surface area contributed by atoms with Gasteiger partial charge in [0.1, 0.15) is 0 Å². The summed E-state index contributed by atoms with van der Waals surface area (Å²) in [5, 5.41) is 0. The minimum Gasteiger partial charge on any atom is -0.480 e. The van der Waals surface area contributed by atoms with Gasteiger partial charge >= 0.3 is 5.97 Å². The van der Waals surface area contributed by atoms with Crippen molar-refractivity contribution >= 4 is 40.2 Å². The molecule has 0 aromatic heterocycles. The number of ether oxygens (including phenoxy) is 2. The average Bonchev–Trinajstić information content (AvgIpc) is 2.45. The first-order valence-electron chi connectivity index (χ1n) is 6.43. The Bertz CT molecular complexity index is 544. The van der Waals surface area contributed by atoms with E-state index in [4.69, 9.17) is 9.47 Å². The zero-order chi connectivity index (χ0) is 14.7. The molecule has 0 saturated carbocycles. The van der Waals surface area contributed by atoms with Crippen molar-refractivity contribution in [3.05, 3.63) is 21.3 Å². The number of carbonyl (C=O) groups excluding carboxylic acids is 2. The second kappa shape index (κ2) is 6.43. The Balaban J connectivity index is 2.45. The Morgan fingerprint density at radius 3 is 2.90 bits per heavy atom. The zero-order valence-electron chi connectivity index (χ0n) is 11.4. The van der Waals surface area contributed by atoms with Gasteiger partial charge in [-0.25, -0.2) is 4.79 Å². The number of amides is 1. The first-order valence-corrected chi connectivity index (χ1v) is 7.51. The lowest BCUT2D eigenvalue weighted by atomic mass is 10.1. The molecule has 108 valence electrons. The molecule has 0 spiro atoms. The highest BCUT2D eigenvalue weighted by Crippen LogP contribution is 2.37. The number of hydrogen-bond donors (Lipinski definition) is 0. The van der Waals surface area contributed by atoms with E-state index in [0.717, 1.165) is 16.4 Å². The van der Waals surface area contributed by atoms with E-state index in [1.807, 2.05) is 0 Å². The molecule has 1 aliphatic heterocycles. The average molecular weight is 389 g/mol. The van der Waals surface area contributed by atoms with Crippen LogP contribution in [0.3, 0.4) is 0 Å². The molecule has 0 aliphatic carbocycles. The van der Waals surface area contributed by atoms with Gasteiger partial charge in [0, 0.05) is 6.54 Å². The maximum atomic E-state index is 12.0. The first kappa shape index (κ1) is 15.1. The van der Waals surface area contributed by atoms with Gasteiger partial charge in [0.05, 0.1) is 21.9 Å². The number of fused-ring (bicyclic) bond motifs is 1. The van der Waals surface area contributed by atoms with E-state index in [0.29, 0.717) is 23.5 Å². The lowest BCUT2D eigenvalue weighted by Crippen LogP contribution is -2.39. The third kappa shape index (κ3) is 2.89. The summed E-state index contributed by atoms with van der Waals surface area (Å²) in [4.78, 5) is 25.4. The highest BCUT2D eigenvalue weighted by Gasteiger charge is 2.28. The van der Waals surface area contributed by atoms with E-state index in [1.165, 1.54) is 7.11 Å². The minimum atomic E-state index is -0.417. The molecule has 1 heterocycles. The van der Waals surface area contributed by atoms with Crippen LogP contribution in [0.1, 0.15) is 30.1 Å². The molecule has 6 heteroatoms. The van der Waals surface area contributed by atoms with Crippen molar-refractivity contribution in [3.8, 4) is 5.75 Å². The molecule has 0 N–H and O–H groups in total. The number of anilines is 1. The molecule has 0 fully saturated rings. The largest absolute Gasteiger partial charge is 0.480 e. The van der Waals surface area contributed by atoms with Crippen molar-refractivity contribution in [2.75, 3.05) is 25.2 Å². The Morgan fingerprint density at radius 1 is 1.50 bits per heavy atom. The van der Waals surface area contributed by atoms with Crippen LogP contribution in [0.4, 0.5) is 5.69 Å². The normalized spacial score (nSPS) is 13.8. The Labute approximate surface area is 131 Å². The zero-order valence-corrected chi connectivity index (χ0v) is 13.6. The maximum absolute atomic E-state index is 12.0. The fourth-order valence-corrected chi connectivity index (χ4v) is 2.83. The smallest absolute Gasteiger partial charge is 0.337 e. The molecule has 1 aromatic rings. The van der Waals surface area contributed by atoms with Crippen molar-refractivity contribution in [1.82, 2.24) is 0 Å². The van der Waals surface area contributed by atoms with Gasteiger partial charge < -0.3 is 14.4 Å². The van der Waals surface area contributed by atoms with Gasteiger partial charge in [-0.3, -0.25) is 4.79 Å². The van der Waals surface area contributed by atoms with Crippen LogP contribution < -0.4 is 9.64 Å². The Hall–Kier alpha value is -1.31. The van der Waals surface area contributed by atoms with E-state index >= 15 is 0 Å². The number of carbonyl (C=O) groups is 2. The van der Waals surface area contributed by atoms with Crippen LogP contribution in [0.5, 0.6) is 5.75 Å². The number of esters is 1. The van der Waals surface area contributed by atoms with Crippen molar-refractivity contribution in [3.63, 3.8) is 0 Å². The van der Waals surface area contributed by atoms with Crippen molar-refractivity contribution < 1.29 is 19.1 Å². The van der Waals surface area contributed by atoms with Crippen LogP contribution in [0.25, 0.3) is 0 Å². The number of hydrogen-bond acceptors (Lipinski definition) is 4. The number of methoxy groups -OCH3 is 1. The van der Waals surface area contributed by atoms with Crippen LogP contribution in [-0.4, -0.2) is 32.1 Å². The summed E-state index contributed by atoms with van der Waals surface area (Å²) in [6.07, 6.45) is 1.90. The van der Waals surface area contributed by atoms with Crippen molar-refractivity contribution in [1.29, 1.82) is 0 Å². The Morgan fingerprint density at radius 2 is 2.25 bits per heavy atom. The SMILES string of the molecule is CCCCN1C(=O)COc2c(I)cc(C(=O)OC)cc21. The lowest BCUT2D eigenvalue weighted by Gasteiger charge is -2.30. The summed E-state index contributed by atoms with van der Waals surface area (Å²) in [6, 6.07) is 3.37. The van der Waals surface area contributed by atoms with Gasteiger partial charge in [-0.2, -0.15) is 0 Å². The van der Waals surface area contributed by atoms with Crippen LogP contribution >= 0.6 is 22.6 Å². The monoisotopic (exact) mass is 389 g/mol. The summed E-state index contributed by atoms with van der Waals surface area (Å²) >= 11 is 2.10. The predicted molar refractivity (Wildman–Crippen MR) is 83.3 cm³/mol. The number of halogens is 1. The van der Waals surface area contributed by atoms with E-state index in [2.05, 4.69) is 29.5 Å². The second-order valence-corrected chi connectivity index (χ2v) is 5.65. The molecule has 1 aromatic carbocycles. The van der Waals surface area contributed by atoms with Gasteiger partial charge in [-0.15, -0.1) is 0 Å². The highest BCUT2D eigenvalue weighted by atomic mass is 127. The van der Waals surface area contributed by atoms with Crippen LogP contribution in [0, 0.1) is 3.57 Å². The third-order valence-electron chi connectivity index (χ3n) is 3.11. The Kier molecular flexibility index (Phi) is 4.85. The highest BCUT2D eigenvalue weighted by molar-refractivity contribution is 14.1. The number of nitrogens with zero attached hydrogens (tertiary/aromatic N) is 1. The van der Waals surface area contributed by atoms with E-state index < -0.39 is 5.97 Å². The molecular weight excluding hydrogens is 373 g/mol. The number of benzene rings is 1. The van der Waals surface area contributed by atoms with Crippen LogP contribution in [0.15, 0.2) is 12.1 Å². The molecule has 1 amide bonds. The van der Waals surface area contributed by atoms with Gasteiger partial charge in [0.15, 0.2) is 12.4 Å². The predicted octanol–water partition coefficient (Wildman–Crippen LogP) is 2.60. The molecule has 20 heavy (non-hydrogen) atoms. The molecular formula is C14H16INO4. The first-order chi connectivity index (χ1) is 9.58. The fourth-order valence-electron chi connectivity index (χ4n) is 2.07. The van der Waals surface area contributed by atoms with Gasteiger partial charge in [-0.05, 0) is 41.1 Å².